The van der Waals surface area contributed by atoms with Crippen molar-refractivity contribution in [1.29, 1.82) is 0 Å². The fraction of sp³-hybridized carbons (Fsp3) is 0.444. The van der Waals surface area contributed by atoms with Crippen molar-refractivity contribution >= 4 is 34.2 Å². The summed E-state index contributed by atoms with van der Waals surface area (Å²) < 4.78 is 1.89. The summed E-state index contributed by atoms with van der Waals surface area (Å²) in [6, 6.07) is 9.99. The summed E-state index contributed by atoms with van der Waals surface area (Å²) in [6.45, 7) is 12.9. The van der Waals surface area contributed by atoms with Crippen LogP contribution in [0.25, 0.3) is 21.5 Å². The van der Waals surface area contributed by atoms with Crippen molar-refractivity contribution in [3.63, 3.8) is 0 Å². The molecule has 0 radical (unpaired) electrons. The summed E-state index contributed by atoms with van der Waals surface area (Å²) in [5.74, 6) is 0.806. The van der Waals surface area contributed by atoms with E-state index in [1.807, 2.05) is 16.7 Å². The van der Waals surface area contributed by atoms with E-state index >= 15 is 0 Å². The zero-order valence-electron chi connectivity index (χ0n) is 21.3. The first-order chi connectivity index (χ1) is 16.4. The van der Waals surface area contributed by atoms with Crippen LogP contribution in [0.3, 0.4) is 0 Å². The monoisotopic (exact) mass is 493 g/mol. The average Bonchev–Trinajstić information content (AvgIpc) is 3.51. The summed E-state index contributed by atoms with van der Waals surface area (Å²) in [5.41, 5.74) is 3.18. The van der Waals surface area contributed by atoms with E-state index in [9.17, 15) is 9.90 Å². The van der Waals surface area contributed by atoms with Crippen LogP contribution in [0.1, 0.15) is 63.2 Å². The number of hydrogen-bond acceptors (Lipinski definition) is 5. The number of hydrogen-bond donors (Lipinski definition) is 3. The molecule has 0 aliphatic heterocycles. The van der Waals surface area contributed by atoms with Crippen molar-refractivity contribution in [2.45, 2.75) is 66.5 Å². The van der Waals surface area contributed by atoms with E-state index in [4.69, 9.17) is 4.98 Å². The Bertz CT molecular complexity index is 1310. The van der Waals surface area contributed by atoms with Crippen LogP contribution in [0, 0.1) is 11.3 Å². The molecule has 3 aromatic heterocycles. The topological polar surface area (TPSA) is 95.8 Å². The van der Waals surface area contributed by atoms with Crippen LogP contribution in [0.5, 0.6) is 0 Å². The molecule has 0 spiro atoms. The number of aromatic nitrogens is 4. The highest BCUT2D eigenvalue weighted by Crippen LogP contribution is 2.31. The Morgan fingerprint density at radius 2 is 1.97 bits per heavy atom. The van der Waals surface area contributed by atoms with Crippen LogP contribution < -0.4 is 5.32 Å². The first kappa shape index (κ1) is 25.1. The van der Waals surface area contributed by atoms with Gasteiger partial charge in [-0.05, 0) is 67.9 Å². The summed E-state index contributed by atoms with van der Waals surface area (Å²) in [6.07, 6.45) is 5.60. The van der Waals surface area contributed by atoms with Gasteiger partial charge in [-0.1, -0.05) is 33.8 Å². The molecule has 0 aliphatic carbocycles. The molecule has 4 rings (SSSR count). The number of nitrogens with zero attached hydrogens (tertiary/aromatic N) is 3. The molecular weight excluding hydrogens is 458 g/mol. The third-order valence-electron chi connectivity index (χ3n) is 6.54. The number of benzene rings is 1. The maximum atomic E-state index is 13.1. The Labute approximate surface area is 210 Å². The molecule has 8 heteroatoms. The largest absolute Gasteiger partial charge is 0.389 e. The highest BCUT2D eigenvalue weighted by atomic mass is 32.1. The number of fused-ring (bicyclic) bond motifs is 1. The first-order valence-electron chi connectivity index (χ1n) is 12.0. The second kappa shape index (κ2) is 9.59. The number of thiophene rings is 1. The zero-order chi connectivity index (χ0) is 25.4. The molecule has 7 nitrogen and oxygen atoms in total. The first-order valence-corrected chi connectivity index (χ1v) is 12.8. The van der Waals surface area contributed by atoms with Crippen LogP contribution >= 0.6 is 11.3 Å². The maximum Gasteiger partial charge on any atom is 0.268 e. The average molecular weight is 494 g/mol. The van der Waals surface area contributed by atoms with Gasteiger partial charge in [-0.25, -0.2) is 4.98 Å². The smallest absolute Gasteiger partial charge is 0.268 e. The van der Waals surface area contributed by atoms with Crippen LogP contribution in [0.2, 0.25) is 0 Å². The number of aliphatic hydroxyl groups is 1. The lowest BCUT2D eigenvalue weighted by molar-refractivity contribution is 0.0630. The lowest BCUT2D eigenvalue weighted by Crippen LogP contribution is -2.27. The van der Waals surface area contributed by atoms with Crippen LogP contribution in [-0.4, -0.2) is 36.4 Å². The Balaban J connectivity index is 1.60. The van der Waals surface area contributed by atoms with Gasteiger partial charge >= 0.3 is 0 Å². The minimum Gasteiger partial charge on any atom is -0.389 e. The molecule has 3 heterocycles. The Morgan fingerprint density at radius 1 is 1.20 bits per heavy atom. The summed E-state index contributed by atoms with van der Waals surface area (Å²) >= 11 is 1.40. The fourth-order valence-electron chi connectivity index (χ4n) is 3.95. The highest BCUT2D eigenvalue weighted by molar-refractivity contribution is 7.17. The van der Waals surface area contributed by atoms with Gasteiger partial charge < -0.3 is 9.67 Å². The number of amides is 1. The van der Waals surface area contributed by atoms with Crippen molar-refractivity contribution in [2.75, 3.05) is 5.32 Å². The number of carbonyl (C=O) groups is 1. The second-order valence-corrected chi connectivity index (χ2v) is 12.2. The quantitative estimate of drug-likeness (QED) is 0.275. The van der Waals surface area contributed by atoms with Gasteiger partial charge in [0.15, 0.2) is 0 Å². The molecule has 1 amide bonds. The molecule has 0 fully saturated rings. The summed E-state index contributed by atoms with van der Waals surface area (Å²) in [4.78, 5) is 19.4. The van der Waals surface area contributed by atoms with Crippen molar-refractivity contribution in [3.8, 4) is 10.4 Å². The lowest BCUT2D eigenvalue weighted by Gasteiger charge is -2.27. The predicted octanol–water partition coefficient (Wildman–Crippen LogP) is 6.13. The van der Waals surface area contributed by atoms with Gasteiger partial charge in [-0.2, -0.15) is 5.10 Å². The minimum absolute atomic E-state index is 0.226. The normalized spacial score (nSPS) is 13.3. The van der Waals surface area contributed by atoms with E-state index in [1.54, 1.807) is 32.3 Å². The Kier molecular flexibility index (Phi) is 6.88. The molecule has 4 aromatic rings. The Hall–Kier alpha value is -2.97. The zero-order valence-corrected chi connectivity index (χ0v) is 22.2. The highest BCUT2D eigenvalue weighted by Gasteiger charge is 2.23. The third kappa shape index (κ3) is 6.00. The van der Waals surface area contributed by atoms with E-state index in [2.05, 4.69) is 55.3 Å². The van der Waals surface area contributed by atoms with Crippen LogP contribution in [0.15, 0.2) is 42.7 Å². The van der Waals surface area contributed by atoms with E-state index in [0.29, 0.717) is 23.3 Å². The molecule has 0 bridgehead atoms. The predicted molar refractivity (Wildman–Crippen MR) is 143 cm³/mol. The molecule has 0 unspecified atom stereocenters. The van der Waals surface area contributed by atoms with Crippen molar-refractivity contribution in [2.24, 2.45) is 11.3 Å². The number of rotatable bonds is 8. The van der Waals surface area contributed by atoms with E-state index < -0.39 is 5.60 Å². The van der Waals surface area contributed by atoms with Crippen molar-refractivity contribution in [1.82, 2.24) is 19.7 Å². The summed E-state index contributed by atoms with van der Waals surface area (Å²) in [5, 5.41) is 20.3. The van der Waals surface area contributed by atoms with Crippen LogP contribution in [-0.2, 0) is 13.0 Å². The molecule has 1 atom stereocenters. The number of H-pyrrole nitrogens is 1. The third-order valence-corrected chi connectivity index (χ3v) is 7.67. The molecule has 186 valence electrons. The lowest BCUT2D eigenvalue weighted by atomic mass is 9.79. The number of carbonyl (C=O) groups excluding carboxylic acids is 1. The number of aryl methyl sites for hydroxylation is 1. The van der Waals surface area contributed by atoms with Gasteiger partial charge in [0.25, 0.3) is 5.91 Å². The fourth-order valence-corrected chi connectivity index (χ4v) is 4.84. The molecule has 1 aromatic carbocycles. The van der Waals surface area contributed by atoms with E-state index in [0.717, 1.165) is 34.3 Å². The van der Waals surface area contributed by atoms with E-state index in [1.165, 1.54) is 16.9 Å². The SMILES string of the molecule is C[C@H](CCc1ccc2c(c1)nc(NC(=O)c1ccc(-c3cn[nH]c3)s1)n2CC(C)(C)O)C(C)(C)C. The van der Waals surface area contributed by atoms with Crippen LogP contribution in [0.4, 0.5) is 5.95 Å². The number of nitrogens with one attached hydrogen (secondary N) is 2. The number of imidazole rings is 1. The molecule has 0 saturated heterocycles. The van der Waals surface area contributed by atoms with Gasteiger partial charge in [0.05, 0.1) is 34.3 Å². The van der Waals surface area contributed by atoms with Gasteiger partial charge in [-0.15, -0.1) is 11.3 Å². The van der Waals surface area contributed by atoms with Gasteiger partial charge in [0, 0.05) is 16.6 Å². The second-order valence-electron chi connectivity index (χ2n) is 11.1. The van der Waals surface area contributed by atoms with Gasteiger partial charge in [0.2, 0.25) is 5.95 Å². The molecule has 0 saturated carbocycles. The Morgan fingerprint density at radius 3 is 2.63 bits per heavy atom. The minimum atomic E-state index is -0.967. The molecule has 0 aliphatic rings. The number of anilines is 1. The van der Waals surface area contributed by atoms with Crippen molar-refractivity contribution in [3.05, 3.63) is 53.2 Å². The standard InChI is InChI=1S/C27H35N5O2S/c1-17(26(2,3)4)7-8-18-9-10-21-20(13-18)30-25(32(21)16-27(5,6)34)31-24(33)23-12-11-22(35-23)19-14-28-29-15-19/h9-15,17,34H,7-8,16H2,1-6H3,(H,28,29)(H,30,31,33)/t17-/m1/s1. The molecule has 3 N–H and O–H groups in total. The van der Waals surface area contributed by atoms with Gasteiger partial charge in [-0.3, -0.25) is 15.2 Å². The molecular formula is C27H35N5O2S. The summed E-state index contributed by atoms with van der Waals surface area (Å²) in [7, 11) is 0. The molecule has 35 heavy (non-hydrogen) atoms. The maximum absolute atomic E-state index is 13.1. The van der Waals surface area contributed by atoms with Crippen molar-refractivity contribution < 1.29 is 9.90 Å². The van der Waals surface area contributed by atoms with Gasteiger partial charge in [0.1, 0.15) is 0 Å². The van der Waals surface area contributed by atoms with E-state index in [-0.39, 0.29) is 11.3 Å². The number of aromatic amines is 1.